The van der Waals surface area contributed by atoms with Crippen molar-refractivity contribution in [2.45, 2.75) is 13.3 Å². The first-order chi connectivity index (χ1) is 8.75. The molecule has 2 heteroatoms. The van der Waals surface area contributed by atoms with Gasteiger partial charge in [-0.2, -0.15) is 0 Å². The number of hydrogen-bond donors (Lipinski definition) is 0. The second-order valence-corrected chi connectivity index (χ2v) is 4.62. The number of nitrogens with zero attached hydrogens (tertiary/aromatic N) is 1. The summed E-state index contributed by atoms with van der Waals surface area (Å²) >= 11 is 0. The van der Waals surface area contributed by atoms with Crippen molar-refractivity contribution in [3.63, 3.8) is 0 Å². The summed E-state index contributed by atoms with van der Waals surface area (Å²) in [6, 6.07) is 13.1. The highest BCUT2D eigenvalue weighted by Crippen LogP contribution is 2.23. The molecular formula is C16H14FN. The highest BCUT2D eigenvalue weighted by molar-refractivity contribution is 6.14. The van der Waals surface area contributed by atoms with E-state index in [2.05, 4.69) is 30.1 Å². The highest BCUT2D eigenvalue weighted by atomic mass is 19.1. The molecule has 0 saturated carbocycles. The van der Waals surface area contributed by atoms with Crippen molar-refractivity contribution < 1.29 is 4.39 Å². The molecule has 0 bridgehead atoms. The minimum absolute atomic E-state index is 0.204. The van der Waals surface area contributed by atoms with Crippen LogP contribution in [0.5, 0.6) is 0 Å². The number of benzene rings is 2. The largest absolute Gasteiger partial charge is 0.284 e. The van der Waals surface area contributed by atoms with Crippen LogP contribution in [0.15, 0.2) is 47.5 Å². The quantitative estimate of drug-likeness (QED) is 0.722. The molecule has 0 aromatic heterocycles. The van der Waals surface area contributed by atoms with Crippen LogP contribution in [0.2, 0.25) is 0 Å². The predicted molar refractivity (Wildman–Crippen MR) is 71.8 cm³/mol. The third kappa shape index (κ3) is 1.84. The van der Waals surface area contributed by atoms with Crippen LogP contribution in [0.3, 0.4) is 0 Å². The van der Waals surface area contributed by atoms with Crippen molar-refractivity contribution in [1.82, 2.24) is 0 Å². The van der Waals surface area contributed by atoms with Gasteiger partial charge in [0.05, 0.1) is 5.71 Å². The van der Waals surface area contributed by atoms with E-state index in [1.165, 1.54) is 17.2 Å². The molecule has 90 valence electrons. The number of hydrogen-bond acceptors (Lipinski definition) is 1. The van der Waals surface area contributed by atoms with Crippen LogP contribution in [0.4, 0.5) is 4.39 Å². The normalized spacial score (nSPS) is 14.0. The Hall–Kier alpha value is -1.96. The molecule has 3 rings (SSSR count). The predicted octanol–water partition coefficient (Wildman–Crippen LogP) is 3.53. The van der Waals surface area contributed by atoms with Crippen molar-refractivity contribution in [3.05, 3.63) is 70.5 Å². The Morgan fingerprint density at radius 1 is 1.06 bits per heavy atom. The molecule has 0 N–H and O–H groups in total. The van der Waals surface area contributed by atoms with E-state index in [1.54, 1.807) is 12.1 Å². The van der Waals surface area contributed by atoms with Crippen LogP contribution in [0.25, 0.3) is 0 Å². The molecule has 2 aromatic carbocycles. The lowest BCUT2D eigenvalue weighted by Crippen LogP contribution is -2.15. The average molecular weight is 239 g/mol. The van der Waals surface area contributed by atoms with Gasteiger partial charge in [0.15, 0.2) is 0 Å². The fourth-order valence-electron chi connectivity index (χ4n) is 2.42. The lowest BCUT2D eigenvalue weighted by molar-refractivity contribution is 0.625. The monoisotopic (exact) mass is 239 g/mol. The molecule has 0 spiro atoms. The number of rotatable bonds is 1. The lowest BCUT2D eigenvalue weighted by Gasteiger charge is -2.18. The Morgan fingerprint density at radius 2 is 1.89 bits per heavy atom. The molecule has 0 unspecified atom stereocenters. The van der Waals surface area contributed by atoms with E-state index < -0.39 is 0 Å². The number of halogens is 1. The lowest BCUT2D eigenvalue weighted by atomic mass is 9.92. The van der Waals surface area contributed by atoms with E-state index in [-0.39, 0.29) is 5.82 Å². The fraction of sp³-hybridized carbons (Fsp3) is 0.188. The summed E-state index contributed by atoms with van der Waals surface area (Å²) < 4.78 is 13.9. The van der Waals surface area contributed by atoms with Crippen LogP contribution in [0.1, 0.15) is 22.3 Å². The minimum atomic E-state index is -0.204. The summed E-state index contributed by atoms with van der Waals surface area (Å²) in [6.45, 7) is 2.81. The van der Waals surface area contributed by atoms with E-state index in [9.17, 15) is 4.39 Å². The van der Waals surface area contributed by atoms with E-state index in [0.717, 1.165) is 24.2 Å². The number of aliphatic imine (C=N–C) groups is 1. The Morgan fingerprint density at radius 3 is 2.72 bits per heavy atom. The summed E-state index contributed by atoms with van der Waals surface area (Å²) in [5.74, 6) is -0.204. The maximum absolute atomic E-state index is 13.9. The molecule has 0 atom stereocenters. The average Bonchev–Trinajstić information content (AvgIpc) is 2.38. The first kappa shape index (κ1) is 11.1. The van der Waals surface area contributed by atoms with Gasteiger partial charge < -0.3 is 0 Å². The molecule has 1 aliphatic rings. The van der Waals surface area contributed by atoms with E-state index in [0.29, 0.717) is 5.56 Å². The molecule has 0 fully saturated rings. The summed E-state index contributed by atoms with van der Waals surface area (Å²) in [5, 5.41) is 0. The zero-order chi connectivity index (χ0) is 12.5. The van der Waals surface area contributed by atoms with Gasteiger partial charge in [-0.05, 0) is 31.0 Å². The zero-order valence-electron chi connectivity index (χ0n) is 10.3. The maximum Gasteiger partial charge on any atom is 0.132 e. The van der Waals surface area contributed by atoms with Crippen LogP contribution in [-0.2, 0) is 6.42 Å². The van der Waals surface area contributed by atoms with Gasteiger partial charge >= 0.3 is 0 Å². The summed E-state index contributed by atoms with van der Waals surface area (Å²) in [7, 11) is 0. The maximum atomic E-state index is 13.9. The molecule has 0 aliphatic carbocycles. The molecule has 1 nitrogen and oxygen atoms in total. The van der Waals surface area contributed by atoms with E-state index in [1.807, 2.05) is 6.07 Å². The van der Waals surface area contributed by atoms with Crippen molar-refractivity contribution in [2.75, 3.05) is 6.54 Å². The Bertz CT molecular complexity index is 629. The van der Waals surface area contributed by atoms with Crippen molar-refractivity contribution in [3.8, 4) is 0 Å². The Balaban J connectivity index is 2.16. The van der Waals surface area contributed by atoms with E-state index in [4.69, 9.17) is 0 Å². The fourth-order valence-corrected chi connectivity index (χ4v) is 2.42. The molecule has 1 aliphatic heterocycles. The first-order valence-electron chi connectivity index (χ1n) is 6.15. The summed E-state index contributed by atoms with van der Waals surface area (Å²) in [5.41, 5.74) is 4.96. The Labute approximate surface area is 106 Å². The van der Waals surface area contributed by atoms with Gasteiger partial charge in [0.2, 0.25) is 0 Å². The van der Waals surface area contributed by atoms with E-state index >= 15 is 0 Å². The summed E-state index contributed by atoms with van der Waals surface area (Å²) in [6.07, 6.45) is 0.939. The zero-order valence-corrected chi connectivity index (χ0v) is 10.3. The van der Waals surface area contributed by atoms with Gasteiger partial charge in [0.25, 0.3) is 0 Å². The number of fused-ring (bicyclic) bond motifs is 1. The van der Waals surface area contributed by atoms with Gasteiger partial charge in [-0.25, -0.2) is 4.39 Å². The first-order valence-corrected chi connectivity index (χ1v) is 6.15. The topological polar surface area (TPSA) is 12.4 Å². The summed E-state index contributed by atoms with van der Waals surface area (Å²) in [4.78, 5) is 4.51. The van der Waals surface area contributed by atoms with Gasteiger partial charge in [0.1, 0.15) is 5.82 Å². The number of aryl methyl sites for hydroxylation is 1. The third-order valence-corrected chi connectivity index (χ3v) is 3.30. The Kier molecular flexibility index (Phi) is 2.71. The second-order valence-electron chi connectivity index (χ2n) is 4.62. The minimum Gasteiger partial charge on any atom is -0.284 e. The van der Waals surface area contributed by atoms with Crippen molar-refractivity contribution in [1.29, 1.82) is 0 Å². The molecule has 18 heavy (non-hydrogen) atoms. The van der Waals surface area contributed by atoms with Crippen molar-refractivity contribution in [2.24, 2.45) is 4.99 Å². The second kappa shape index (κ2) is 4.37. The molecular weight excluding hydrogens is 225 g/mol. The molecule has 1 heterocycles. The smallest absolute Gasteiger partial charge is 0.132 e. The third-order valence-electron chi connectivity index (χ3n) is 3.30. The molecule has 2 aromatic rings. The van der Waals surface area contributed by atoms with Crippen LogP contribution >= 0.6 is 0 Å². The van der Waals surface area contributed by atoms with Crippen LogP contribution < -0.4 is 0 Å². The highest BCUT2D eigenvalue weighted by Gasteiger charge is 2.17. The van der Waals surface area contributed by atoms with Gasteiger partial charge in [-0.15, -0.1) is 0 Å². The van der Waals surface area contributed by atoms with Gasteiger partial charge in [-0.1, -0.05) is 35.9 Å². The van der Waals surface area contributed by atoms with Gasteiger partial charge in [0, 0.05) is 17.7 Å². The SMILES string of the molecule is Cc1ccc2c(c1)CCN=C2c1ccccc1F. The standard InChI is InChI=1S/C16H14FN/c1-11-6-7-13-12(10-11)8-9-18-16(13)14-4-2-3-5-15(14)17/h2-7,10H,8-9H2,1H3. The van der Waals surface area contributed by atoms with Crippen molar-refractivity contribution >= 4 is 5.71 Å². The van der Waals surface area contributed by atoms with Gasteiger partial charge in [-0.3, -0.25) is 4.99 Å². The molecule has 0 amide bonds. The van der Waals surface area contributed by atoms with Crippen LogP contribution in [0, 0.1) is 12.7 Å². The molecule has 0 radical (unpaired) electrons. The van der Waals surface area contributed by atoms with Crippen LogP contribution in [-0.4, -0.2) is 12.3 Å². The molecule has 0 saturated heterocycles.